The summed E-state index contributed by atoms with van der Waals surface area (Å²) in [7, 11) is 0. The van der Waals surface area contributed by atoms with Gasteiger partial charge < -0.3 is 4.74 Å². The third-order valence-electron chi connectivity index (χ3n) is 2.76. The summed E-state index contributed by atoms with van der Waals surface area (Å²) >= 11 is 5.61. The number of hydrogen-bond donors (Lipinski definition) is 0. The maximum Gasteiger partial charge on any atom is 0.446 e. The molecular weight excluding hydrogens is 354 g/mol. The van der Waals surface area contributed by atoms with E-state index in [0.717, 1.165) is 12.1 Å². The first-order chi connectivity index (χ1) is 10.7. The van der Waals surface area contributed by atoms with Crippen LogP contribution in [0.15, 0.2) is 35.2 Å². The number of hydrogen-bond acceptors (Lipinski definition) is 3. The van der Waals surface area contributed by atoms with E-state index >= 15 is 0 Å². The molecule has 0 aliphatic heterocycles. The minimum absolute atomic E-state index is 0.0527. The number of halogens is 5. The van der Waals surface area contributed by atoms with Crippen molar-refractivity contribution in [3.8, 4) is 17.6 Å². The summed E-state index contributed by atoms with van der Waals surface area (Å²) < 4.78 is 56.1. The van der Waals surface area contributed by atoms with Crippen molar-refractivity contribution in [1.29, 1.82) is 5.26 Å². The lowest BCUT2D eigenvalue weighted by Crippen LogP contribution is -2.00. The molecule has 0 unspecified atom stereocenters. The highest BCUT2D eigenvalue weighted by Gasteiger charge is 2.31. The normalized spacial score (nSPS) is 11.2. The molecule has 0 aliphatic carbocycles. The zero-order valence-corrected chi connectivity index (χ0v) is 13.1. The Balaban J connectivity index is 2.33. The van der Waals surface area contributed by atoms with Crippen LogP contribution in [0.4, 0.5) is 17.6 Å². The molecule has 120 valence electrons. The van der Waals surface area contributed by atoms with E-state index in [0.29, 0.717) is 0 Å². The van der Waals surface area contributed by atoms with Crippen LogP contribution in [0, 0.1) is 24.1 Å². The standard InChI is InChI=1S/C15H8ClF4NOS/c1-8-12(2-3-13(14(8)16)23-15(18,19)20)22-11-5-9(7-21)4-10(17)6-11/h2-6H,1H3. The average Bonchev–Trinajstić information content (AvgIpc) is 2.45. The molecule has 0 saturated heterocycles. The Hall–Kier alpha value is -1.91. The van der Waals surface area contributed by atoms with E-state index < -0.39 is 11.3 Å². The summed E-state index contributed by atoms with van der Waals surface area (Å²) in [6.07, 6.45) is 0. The molecule has 0 aliphatic rings. The Labute approximate surface area is 138 Å². The number of nitriles is 1. The molecule has 0 amide bonds. The zero-order chi connectivity index (χ0) is 17.2. The fraction of sp³-hybridized carbons (Fsp3) is 0.133. The van der Waals surface area contributed by atoms with Gasteiger partial charge in [0.25, 0.3) is 0 Å². The highest BCUT2D eigenvalue weighted by atomic mass is 35.5. The van der Waals surface area contributed by atoms with Gasteiger partial charge in [-0.2, -0.15) is 18.4 Å². The SMILES string of the molecule is Cc1c(Oc2cc(F)cc(C#N)c2)ccc(SC(F)(F)F)c1Cl. The third-order valence-corrected chi connectivity index (χ3v) is 4.15. The van der Waals surface area contributed by atoms with Crippen LogP contribution >= 0.6 is 23.4 Å². The first-order valence-electron chi connectivity index (χ1n) is 6.13. The van der Waals surface area contributed by atoms with Crippen molar-refractivity contribution < 1.29 is 22.3 Å². The van der Waals surface area contributed by atoms with Gasteiger partial charge in [-0.05, 0) is 43.0 Å². The second kappa shape index (κ2) is 6.69. The number of benzene rings is 2. The molecule has 0 fully saturated rings. The number of ether oxygens (including phenoxy) is 1. The number of thioether (sulfide) groups is 1. The van der Waals surface area contributed by atoms with Gasteiger partial charge in [-0.25, -0.2) is 4.39 Å². The smallest absolute Gasteiger partial charge is 0.446 e. The fourth-order valence-corrected chi connectivity index (χ4v) is 2.67. The Morgan fingerprint density at radius 3 is 2.52 bits per heavy atom. The molecule has 0 spiro atoms. The van der Waals surface area contributed by atoms with Crippen LogP contribution in [0.5, 0.6) is 11.5 Å². The van der Waals surface area contributed by atoms with E-state index in [1.165, 1.54) is 25.1 Å². The average molecular weight is 362 g/mol. The first-order valence-corrected chi connectivity index (χ1v) is 7.32. The lowest BCUT2D eigenvalue weighted by atomic mass is 10.2. The molecule has 0 radical (unpaired) electrons. The van der Waals surface area contributed by atoms with Gasteiger partial charge in [0.05, 0.1) is 16.7 Å². The Morgan fingerprint density at radius 2 is 1.91 bits per heavy atom. The van der Waals surface area contributed by atoms with E-state index in [9.17, 15) is 17.6 Å². The Morgan fingerprint density at radius 1 is 1.22 bits per heavy atom. The summed E-state index contributed by atoms with van der Waals surface area (Å²) in [6.45, 7) is 1.49. The molecule has 0 heterocycles. The summed E-state index contributed by atoms with van der Waals surface area (Å²) in [5.74, 6) is -0.431. The topological polar surface area (TPSA) is 33.0 Å². The summed E-state index contributed by atoms with van der Waals surface area (Å²) in [5, 5.41) is 8.70. The molecule has 2 nitrogen and oxygen atoms in total. The van der Waals surface area contributed by atoms with Crippen molar-refractivity contribution in [2.24, 2.45) is 0 Å². The minimum Gasteiger partial charge on any atom is -0.457 e. The molecule has 0 saturated carbocycles. The molecule has 0 N–H and O–H groups in total. The largest absolute Gasteiger partial charge is 0.457 e. The van der Waals surface area contributed by atoms with E-state index in [1.54, 1.807) is 6.07 Å². The van der Waals surface area contributed by atoms with Crippen LogP contribution in [0.3, 0.4) is 0 Å². The van der Waals surface area contributed by atoms with Gasteiger partial charge in [0, 0.05) is 16.5 Å². The Bertz CT molecular complexity index is 786. The summed E-state index contributed by atoms with van der Waals surface area (Å²) in [6, 6.07) is 7.68. The molecule has 2 aromatic carbocycles. The van der Waals surface area contributed by atoms with Crippen LogP contribution < -0.4 is 4.74 Å². The molecule has 0 bridgehead atoms. The van der Waals surface area contributed by atoms with Gasteiger partial charge in [-0.1, -0.05) is 11.6 Å². The number of nitrogens with zero attached hydrogens (tertiary/aromatic N) is 1. The van der Waals surface area contributed by atoms with Crippen LogP contribution in [-0.2, 0) is 0 Å². The maximum atomic E-state index is 13.4. The van der Waals surface area contributed by atoms with Crippen molar-refractivity contribution in [1.82, 2.24) is 0 Å². The van der Waals surface area contributed by atoms with Crippen LogP contribution in [0.25, 0.3) is 0 Å². The molecular formula is C15H8ClF4NOS. The highest BCUT2D eigenvalue weighted by Crippen LogP contribution is 2.43. The Kier molecular flexibility index (Phi) is 5.07. The second-order valence-corrected chi connectivity index (χ2v) is 5.92. The van der Waals surface area contributed by atoms with Gasteiger partial charge >= 0.3 is 5.51 Å². The van der Waals surface area contributed by atoms with Gasteiger partial charge in [0.1, 0.15) is 17.3 Å². The van der Waals surface area contributed by atoms with E-state index in [2.05, 4.69) is 0 Å². The quantitative estimate of drug-likeness (QED) is 0.492. The molecule has 0 aromatic heterocycles. The number of rotatable bonds is 3. The van der Waals surface area contributed by atoms with E-state index in [4.69, 9.17) is 21.6 Å². The second-order valence-electron chi connectivity index (χ2n) is 4.44. The molecule has 0 atom stereocenters. The molecule has 8 heteroatoms. The van der Waals surface area contributed by atoms with Gasteiger partial charge in [-0.3, -0.25) is 0 Å². The van der Waals surface area contributed by atoms with Crippen LogP contribution in [0.2, 0.25) is 5.02 Å². The molecule has 2 rings (SSSR count). The fourth-order valence-electron chi connectivity index (χ4n) is 1.77. The van der Waals surface area contributed by atoms with Gasteiger partial charge in [0.15, 0.2) is 0 Å². The highest BCUT2D eigenvalue weighted by molar-refractivity contribution is 8.00. The van der Waals surface area contributed by atoms with Crippen molar-refractivity contribution in [3.63, 3.8) is 0 Å². The van der Waals surface area contributed by atoms with E-state index in [1.807, 2.05) is 0 Å². The lowest BCUT2D eigenvalue weighted by Gasteiger charge is -2.14. The van der Waals surface area contributed by atoms with Crippen molar-refractivity contribution in [2.45, 2.75) is 17.3 Å². The third kappa shape index (κ3) is 4.53. The predicted molar refractivity (Wildman–Crippen MR) is 79.3 cm³/mol. The van der Waals surface area contributed by atoms with E-state index in [-0.39, 0.29) is 44.3 Å². The minimum atomic E-state index is -4.46. The van der Waals surface area contributed by atoms with Crippen LogP contribution in [0.1, 0.15) is 11.1 Å². The molecule has 2 aromatic rings. The van der Waals surface area contributed by atoms with Crippen LogP contribution in [-0.4, -0.2) is 5.51 Å². The van der Waals surface area contributed by atoms with Gasteiger partial charge in [0.2, 0.25) is 0 Å². The molecule has 23 heavy (non-hydrogen) atoms. The van der Waals surface area contributed by atoms with Crippen molar-refractivity contribution in [2.75, 3.05) is 0 Å². The number of alkyl halides is 3. The lowest BCUT2D eigenvalue weighted by molar-refractivity contribution is -0.0328. The monoisotopic (exact) mass is 361 g/mol. The van der Waals surface area contributed by atoms with Gasteiger partial charge in [-0.15, -0.1) is 0 Å². The summed E-state index contributed by atoms with van der Waals surface area (Å²) in [5.41, 5.74) is -4.11. The maximum absolute atomic E-state index is 13.4. The summed E-state index contributed by atoms with van der Waals surface area (Å²) in [4.78, 5) is -0.152. The van der Waals surface area contributed by atoms with Crippen molar-refractivity contribution >= 4 is 23.4 Å². The first kappa shape index (κ1) is 17.4. The predicted octanol–water partition coefficient (Wildman–Crippen LogP) is 6.06. The zero-order valence-electron chi connectivity index (χ0n) is 11.5. The van der Waals surface area contributed by atoms with Crippen molar-refractivity contribution in [3.05, 3.63) is 52.3 Å².